The number of nitrogens with zero attached hydrogens (tertiary/aromatic N) is 1. The average molecular weight is 274 g/mol. The molecule has 20 heavy (non-hydrogen) atoms. The van der Waals surface area contributed by atoms with Gasteiger partial charge in [0.05, 0.1) is 5.92 Å². The molecular weight excluding hydrogens is 248 g/mol. The molecule has 0 saturated carbocycles. The van der Waals surface area contributed by atoms with Crippen molar-refractivity contribution in [2.24, 2.45) is 5.92 Å². The van der Waals surface area contributed by atoms with Crippen molar-refractivity contribution < 1.29 is 4.79 Å². The van der Waals surface area contributed by atoms with Crippen LogP contribution < -0.4 is 5.32 Å². The molecule has 0 bridgehead atoms. The summed E-state index contributed by atoms with van der Waals surface area (Å²) in [5.74, 6) is 0.647. The Morgan fingerprint density at radius 1 is 1.40 bits per heavy atom. The molecule has 1 heterocycles. The van der Waals surface area contributed by atoms with Crippen LogP contribution in [0.2, 0.25) is 0 Å². The number of nitrogens with one attached hydrogen (secondary N) is 1. The van der Waals surface area contributed by atoms with E-state index in [9.17, 15) is 4.79 Å². The third-order valence-electron chi connectivity index (χ3n) is 4.42. The van der Waals surface area contributed by atoms with Gasteiger partial charge in [0, 0.05) is 25.7 Å². The minimum Gasteiger partial charge on any atom is -0.337 e. The smallest absolute Gasteiger partial charge is 0.230 e. The monoisotopic (exact) mass is 274 g/mol. The van der Waals surface area contributed by atoms with Gasteiger partial charge in [-0.05, 0) is 18.4 Å². The van der Waals surface area contributed by atoms with E-state index in [1.807, 2.05) is 18.2 Å². The summed E-state index contributed by atoms with van der Waals surface area (Å²) in [6.45, 7) is 9.09. The van der Waals surface area contributed by atoms with Crippen molar-refractivity contribution >= 4 is 5.91 Å². The van der Waals surface area contributed by atoms with Crippen molar-refractivity contribution in [1.29, 1.82) is 0 Å². The van der Waals surface area contributed by atoms with Crippen LogP contribution in [-0.4, -0.2) is 36.5 Å². The quantitative estimate of drug-likeness (QED) is 0.915. The van der Waals surface area contributed by atoms with Gasteiger partial charge < -0.3 is 10.2 Å². The van der Waals surface area contributed by atoms with Crippen LogP contribution in [0.4, 0.5) is 0 Å². The predicted molar refractivity (Wildman–Crippen MR) is 82.7 cm³/mol. The lowest BCUT2D eigenvalue weighted by atomic mass is 9.84. The molecule has 3 heteroatoms. The highest BCUT2D eigenvalue weighted by Gasteiger charge is 2.32. The van der Waals surface area contributed by atoms with E-state index in [4.69, 9.17) is 0 Å². The number of piperazine rings is 1. The van der Waals surface area contributed by atoms with Crippen molar-refractivity contribution in [3.05, 3.63) is 35.9 Å². The van der Waals surface area contributed by atoms with E-state index in [-0.39, 0.29) is 12.0 Å². The number of amides is 1. The lowest BCUT2D eigenvalue weighted by Crippen LogP contribution is -2.54. The summed E-state index contributed by atoms with van der Waals surface area (Å²) in [6, 6.07) is 10.5. The van der Waals surface area contributed by atoms with E-state index >= 15 is 0 Å². The summed E-state index contributed by atoms with van der Waals surface area (Å²) in [7, 11) is 0. The van der Waals surface area contributed by atoms with Gasteiger partial charge in [-0.1, -0.05) is 50.6 Å². The van der Waals surface area contributed by atoms with Gasteiger partial charge >= 0.3 is 0 Å². The van der Waals surface area contributed by atoms with Crippen molar-refractivity contribution in [3.63, 3.8) is 0 Å². The summed E-state index contributed by atoms with van der Waals surface area (Å²) in [6.07, 6.45) is 1.02. The summed E-state index contributed by atoms with van der Waals surface area (Å²) in [5.41, 5.74) is 1.15. The molecule has 1 aliphatic heterocycles. The van der Waals surface area contributed by atoms with E-state index < -0.39 is 0 Å². The molecule has 3 atom stereocenters. The van der Waals surface area contributed by atoms with Crippen LogP contribution in [0, 0.1) is 5.92 Å². The maximum Gasteiger partial charge on any atom is 0.230 e. The molecular formula is C17H26N2O. The normalized spacial score (nSPS) is 22.4. The Bertz CT molecular complexity index is 432. The Kier molecular flexibility index (Phi) is 5.18. The van der Waals surface area contributed by atoms with Crippen LogP contribution in [0.15, 0.2) is 30.3 Å². The van der Waals surface area contributed by atoms with Crippen LogP contribution >= 0.6 is 0 Å². The van der Waals surface area contributed by atoms with E-state index in [2.05, 4.69) is 43.1 Å². The molecule has 1 saturated heterocycles. The zero-order valence-corrected chi connectivity index (χ0v) is 12.8. The number of carbonyl (C=O) groups excluding carboxylic acids is 1. The van der Waals surface area contributed by atoms with Gasteiger partial charge in [0.15, 0.2) is 0 Å². The zero-order valence-electron chi connectivity index (χ0n) is 12.8. The van der Waals surface area contributed by atoms with Crippen molar-refractivity contribution in [3.8, 4) is 0 Å². The molecule has 2 rings (SSSR count). The number of carbonyl (C=O) groups is 1. The molecule has 0 aromatic heterocycles. The van der Waals surface area contributed by atoms with E-state index in [0.29, 0.717) is 11.8 Å². The molecule has 0 radical (unpaired) electrons. The molecule has 1 aromatic rings. The second-order valence-electron chi connectivity index (χ2n) is 5.86. The predicted octanol–water partition coefficient (Wildman–Crippen LogP) is 2.64. The van der Waals surface area contributed by atoms with E-state index in [1.54, 1.807) is 0 Å². The van der Waals surface area contributed by atoms with Crippen LogP contribution in [0.3, 0.4) is 0 Å². The molecule has 3 nitrogen and oxygen atoms in total. The number of hydrogen-bond acceptors (Lipinski definition) is 2. The van der Waals surface area contributed by atoms with Crippen molar-refractivity contribution in [2.45, 2.75) is 39.2 Å². The highest BCUT2D eigenvalue weighted by atomic mass is 16.2. The lowest BCUT2D eigenvalue weighted by molar-refractivity contribution is -0.136. The first-order chi connectivity index (χ1) is 9.65. The van der Waals surface area contributed by atoms with Gasteiger partial charge in [-0.15, -0.1) is 0 Å². The van der Waals surface area contributed by atoms with Gasteiger partial charge in [-0.3, -0.25) is 4.79 Å². The molecule has 0 aliphatic carbocycles. The maximum absolute atomic E-state index is 13.0. The average Bonchev–Trinajstić information content (AvgIpc) is 2.48. The number of benzene rings is 1. The zero-order chi connectivity index (χ0) is 14.5. The maximum atomic E-state index is 13.0. The molecule has 1 aliphatic rings. The fraction of sp³-hybridized carbons (Fsp3) is 0.588. The van der Waals surface area contributed by atoms with Crippen LogP contribution in [0.5, 0.6) is 0 Å². The van der Waals surface area contributed by atoms with E-state index in [1.165, 1.54) is 0 Å². The second-order valence-corrected chi connectivity index (χ2v) is 5.86. The first kappa shape index (κ1) is 15.0. The van der Waals surface area contributed by atoms with E-state index in [0.717, 1.165) is 31.6 Å². The van der Waals surface area contributed by atoms with Gasteiger partial charge in [-0.25, -0.2) is 0 Å². The van der Waals surface area contributed by atoms with Gasteiger partial charge in [0.2, 0.25) is 5.91 Å². The van der Waals surface area contributed by atoms with Crippen LogP contribution in [0.1, 0.15) is 38.7 Å². The summed E-state index contributed by atoms with van der Waals surface area (Å²) in [4.78, 5) is 15.1. The molecule has 1 N–H and O–H groups in total. The molecule has 1 fully saturated rings. The fourth-order valence-electron chi connectivity index (χ4n) is 2.96. The first-order valence-electron chi connectivity index (χ1n) is 7.71. The fourth-order valence-corrected chi connectivity index (χ4v) is 2.96. The number of rotatable bonds is 4. The highest BCUT2D eigenvalue weighted by Crippen LogP contribution is 2.29. The minimum atomic E-state index is -0.0123. The lowest BCUT2D eigenvalue weighted by Gasteiger charge is -2.37. The standard InChI is InChI=1S/C17H26N2O/c1-4-13(2)16(15-8-6-5-7-9-15)17(20)19-11-10-18-12-14(19)3/h5-9,13-14,16,18H,4,10-12H2,1-3H3/t13?,14-,16?/m1/s1. The van der Waals surface area contributed by atoms with Crippen LogP contribution in [0.25, 0.3) is 0 Å². The summed E-state index contributed by atoms with van der Waals surface area (Å²) in [5, 5.41) is 3.35. The Morgan fingerprint density at radius 3 is 2.70 bits per heavy atom. The molecule has 0 spiro atoms. The molecule has 1 amide bonds. The third-order valence-corrected chi connectivity index (χ3v) is 4.42. The van der Waals surface area contributed by atoms with Gasteiger partial charge in [0.25, 0.3) is 0 Å². The SMILES string of the molecule is CCC(C)C(C(=O)N1CCNC[C@H]1C)c1ccccc1. The summed E-state index contributed by atoms with van der Waals surface area (Å²) < 4.78 is 0. The molecule has 2 unspecified atom stereocenters. The van der Waals surface area contributed by atoms with Crippen LogP contribution in [-0.2, 0) is 4.79 Å². The largest absolute Gasteiger partial charge is 0.337 e. The Balaban J connectivity index is 2.24. The second kappa shape index (κ2) is 6.89. The number of hydrogen-bond donors (Lipinski definition) is 1. The van der Waals surface area contributed by atoms with Gasteiger partial charge in [-0.2, -0.15) is 0 Å². The Hall–Kier alpha value is -1.35. The Labute approximate surface area is 122 Å². The van der Waals surface area contributed by atoms with Crippen molar-refractivity contribution in [1.82, 2.24) is 10.2 Å². The topological polar surface area (TPSA) is 32.3 Å². The third kappa shape index (κ3) is 3.21. The summed E-state index contributed by atoms with van der Waals surface area (Å²) >= 11 is 0. The molecule has 1 aromatic carbocycles. The minimum absolute atomic E-state index is 0.0123. The highest BCUT2D eigenvalue weighted by molar-refractivity contribution is 5.84. The van der Waals surface area contributed by atoms with Crippen molar-refractivity contribution in [2.75, 3.05) is 19.6 Å². The van der Waals surface area contributed by atoms with Gasteiger partial charge in [0.1, 0.15) is 0 Å². The molecule has 110 valence electrons. The Morgan fingerprint density at radius 2 is 2.10 bits per heavy atom. The first-order valence-corrected chi connectivity index (χ1v) is 7.71.